The van der Waals surface area contributed by atoms with Crippen LogP contribution in [0.4, 0.5) is 0 Å². The van der Waals surface area contributed by atoms with Crippen LogP contribution in [0.15, 0.2) is 74.9 Å². The SMILES string of the molecule is CC.CC(C)/C=C/C[C@@H](C)C1CCC2/C(=C/C3C4=C(CCCC4)Cn4c(=O)n(-c5ccccc5)c(=O)n43)CCC[C@@]21C.O=C(O)CBr. The van der Waals surface area contributed by atoms with Gasteiger partial charge in [-0.2, -0.15) is 0 Å². The smallest absolute Gasteiger partial charge is 0.352 e. The summed E-state index contributed by atoms with van der Waals surface area (Å²) in [5, 5.41) is 7.71. The van der Waals surface area contributed by atoms with Crippen LogP contribution in [0, 0.1) is 29.1 Å². The molecule has 5 atom stereocenters. The Morgan fingerprint density at radius 1 is 1.02 bits per heavy atom. The third-order valence-corrected chi connectivity index (χ3v) is 11.4. The number of benzene rings is 1. The molecule has 0 amide bonds. The molecule has 2 saturated carbocycles. The highest BCUT2D eigenvalue weighted by molar-refractivity contribution is 9.09. The van der Waals surface area contributed by atoms with Crippen LogP contribution in [0.25, 0.3) is 5.69 Å². The molecule has 47 heavy (non-hydrogen) atoms. The molecule has 2 fully saturated rings. The van der Waals surface area contributed by atoms with Crippen molar-refractivity contribution in [1.82, 2.24) is 13.9 Å². The fourth-order valence-electron chi connectivity index (χ4n) is 8.88. The topological polar surface area (TPSA) is 86.2 Å². The Morgan fingerprint density at radius 3 is 2.36 bits per heavy atom. The number of carboxylic acid groups (broad SMARTS) is 1. The zero-order valence-electron chi connectivity index (χ0n) is 29.4. The number of hydrogen-bond acceptors (Lipinski definition) is 3. The number of alkyl halides is 1. The standard InChI is InChI=1S/C35H47N3O2.C2H3BrO2.C2H6/c1-24(2)12-10-13-25(3)30-19-20-31-26(15-11-21-35(30,31)4)22-32-29-18-9-8-14-27(29)23-36-33(39)37(34(40)38(32)36)28-16-6-5-7-17-28;3-1-2(4)5;1-2/h5-7,10,12,16-17,22,24-25,30-32H,8-9,11,13-15,18-21,23H2,1-4H3;1H2,(H,4,5);1-2H3/b12-10+,26-22+;;/t25-,30?,31?,32?,35-;;/m1../s1. The van der Waals surface area contributed by atoms with Crippen LogP contribution in [0.1, 0.15) is 112 Å². The number of fused-ring (bicyclic) bond motifs is 2. The van der Waals surface area contributed by atoms with E-state index in [0.29, 0.717) is 35.4 Å². The third kappa shape index (κ3) is 7.90. The fourth-order valence-corrected chi connectivity index (χ4v) is 8.88. The van der Waals surface area contributed by atoms with Gasteiger partial charge < -0.3 is 5.11 Å². The number of aromatic nitrogens is 3. The lowest BCUT2D eigenvalue weighted by Gasteiger charge is -2.45. The van der Waals surface area contributed by atoms with Gasteiger partial charge in [-0.3, -0.25) is 4.79 Å². The molecular weight excluding hydrogens is 654 g/mol. The lowest BCUT2D eigenvalue weighted by atomic mass is 9.60. The highest BCUT2D eigenvalue weighted by Crippen LogP contribution is 2.60. The van der Waals surface area contributed by atoms with Crippen LogP contribution < -0.4 is 11.4 Å². The van der Waals surface area contributed by atoms with E-state index in [9.17, 15) is 14.4 Å². The molecule has 0 saturated heterocycles. The van der Waals surface area contributed by atoms with Crippen LogP contribution in [-0.4, -0.2) is 30.3 Å². The van der Waals surface area contributed by atoms with Crippen molar-refractivity contribution < 1.29 is 9.90 Å². The summed E-state index contributed by atoms with van der Waals surface area (Å²) in [5.74, 6) is 1.76. The predicted molar refractivity (Wildman–Crippen MR) is 196 cm³/mol. The summed E-state index contributed by atoms with van der Waals surface area (Å²) in [6.45, 7) is 14.1. The molecule has 2 aromatic rings. The third-order valence-electron chi connectivity index (χ3n) is 10.9. The molecule has 3 unspecified atom stereocenters. The number of rotatable bonds is 7. The van der Waals surface area contributed by atoms with Crippen molar-refractivity contribution in [3.63, 3.8) is 0 Å². The highest BCUT2D eigenvalue weighted by atomic mass is 79.9. The molecule has 6 rings (SSSR count). The van der Waals surface area contributed by atoms with Crippen LogP contribution in [0.3, 0.4) is 0 Å². The summed E-state index contributed by atoms with van der Waals surface area (Å²) in [6, 6.07) is 9.29. The van der Waals surface area contributed by atoms with E-state index in [1.165, 1.54) is 54.2 Å². The van der Waals surface area contributed by atoms with Gasteiger partial charge in [0.2, 0.25) is 0 Å². The van der Waals surface area contributed by atoms with Crippen molar-refractivity contribution in [3.05, 3.63) is 86.2 Å². The zero-order chi connectivity index (χ0) is 34.3. The molecule has 1 aliphatic heterocycles. The summed E-state index contributed by atoms with van der Waals surface area (Å²) >= 11 is 2.71. The molecule has 2 heterocycles. The van der Waals surface area contributed by atoms with Gasteiger partial charge in [-0.25, -0.2) is 23.5 Å². The second-order valence-electron chi connectivity index (χ2n) is 14.2. The summed E-state index contributed by atoms with van der Waals surface area (Å²) in [6.07, 6.45) is 19.0. The molecule has 8 heteroatoms. The Kier molecular flexibility index (Phi) is 13.0. The zero-order valence-corrected chi connectivity index (χ0v) is 31.0. The molecule has 0 bridgehead atoms. The maximum Gasteiger partial charge on any atom is 0.352 e. The number of allylic oxidation sites excluding steroid dienone is 6. The van der Waals surface area contributed by atoms with Gasteiger partial charge in [-0.05, 0) is 117 Å². The van der Waals surface area contributed by atoms with Gasteiger partial charge in [-0.1, -0.05) is 99.5 Å². The van der Waals surface area contributed by atoms with Crippen molar-refractivity contribution in [3.8, 4) is 5.69 Å². The van der Waals surface area contributed by atoms with Crippen molar-refractivity contribution in [2.75, 3.05) is 5.33 Å². The molecule has 258 valence electrons. The van der Waals surface area contributed by atoms with Crippen LogP contribution in [0.2, 0.25) is 0 Å². The van der Waals surface area contributed by atoms with Crippen LogP contribution in [-0.2, 0) is 11.3 Å². The van der Waals surface area contributed by atoms with Gasteiger partial charge in [0.15, 0.2) is 0 Å². The quantitative estimate of drug-likeness (QED) is 0.230. The molecule has 1 aromatic carbocycles. The number of aliphatic carboxylic acids is 1. The lowest BCUT2D eigenvalue weighted by molar-refractivity contribution is -0.133. The predicted octanol–water partition coefficient (Wildman–Crippen LogP) is 9.10. The average Bonchev–Trinajstić information content (AvgIpc) is 3.55. The molecule has 0 spiro atoms. The van der Waals surface area contributed by atoms with Crippen molar-refractivity contribution in [2.45, 2.75) is 118 Å². The minimum atomic E-state index is -0.829. The van der Waals surface area contributed by atoms with Crippen molar-refractivity contribution in [1.29, 1.82) is 0 Å². The Labute approximate surface area is 289 Å². The lowest BCUT2D eigenvalue weighted by Crippen LogP contribution is -2.38. The number of hydrogen-bond donors (Lipinski definition) is 1. The fraction of sp³-hybridized carbons (Fsp3) is 0.615. The van der Waals surface area contributed by atoms with Gasteiger partial charge >= 0.3 is 17.3 Å². The molecule has 1 N–H and O–H groups in total. The molecule has 4 aliphatic rings. The van der Waals surface area contributed by atoms with Gasteiger partial charge in [0.25, 0.3) is 0 Å². The monoisotopic (exact) mass is 709 g/mol. The van der Waals surface area contributed by atoms with Crippen LogP contribution in [0.5, 0.6) is 0 Å². The molecular formula is C39H56BrN3O4. The highest BCUT2D eigenvalue weighted by Gasteiger charge is 2.50. The largest absolute Gasteiger partial charge is 0.481 e. The maximum atomic E-state index is 14.0. The number of halogens is 1. The minimum Gasteiger partial charge on any atom is -0.481 e. The normalized spacial score (nSPS) is 26.6. The number of carbonyl (C=O) groups is 1. The van der Waals surface area contributed by atoms with E-state index in [1.807, 2.05) is 48.9 Å². The van der Waals surface area contributed by atoms with E-state index in [0.717, 1.165) is 31.6 Å². The second-order valence-corrected chi connectivity index (χ2v) is 14.7. The number of nitrogens with zero attached hydrogens (tertiary/aromatic N) is 3. The average molecular weight is 711 g/mol. The van der Waals surface area contributed by atoms with Crippen molar-refractivity contribution in [2.24, 2.45) is 29.1 Å². The van der Waals surface area contributed by atoms with Crippen molar-refractivity contribution >= 4 is 21.9 Å². The maximum absolute atomic E-state index is 14.0. The summed E-state index contributed by atoms with van der Waals surface area (Å²) in [5.41, 5.74) is 4.88. The number of para-hydroxylation sites is 1. The van der Waals surface area contributed by atoms with E-state index >= 15 is 0 Å². The second kappa shape index (κ2) is 16.5. The Hall–Kier alpha value is -2.87. The summed E-state index contributed by atoms with van der Waals surface area (Å²) in [7, 11) is 0. The molecule has 3 aliphatic carbocycles. The van der Waals surface area contributed by atoms with Gasteiger partial charge in [0.1, 0.15) is 5.33 Å². The van der Waals surface area contributed by atoms with E-state index in [-0.39, 0.29) is 22.8 Å². The first kappa shape index (κ1) is 37.0. The first-order valence-corrected chi connectivity index (χ1v) is 19.0. The Bertz CT molecular complexity index is 1580. The summed E-state index contributed by atoms with van der Waals surface area (Å²) in [4.78, 5) is 37.0. The molecule has 7 nitrogen and oxygen atoms in total. The van der Waals surface area contributed by atoms with Gasteiger partial charge in [0, 0.05) is 0 Å². The first-order chi connectivity index (χ1) is 22.6. The number of carboxylic acids is 1. The molecule has 0 radical (unpaired) electrons. The Balaban J connectivity index is 0.000000655. The van der Waals surface area contributed by atoms with E-state index in [2.05, 4.69) is 61.9 Å². The van der Waals surface area contributed by atoms with Gasteiger partial charge in [-0.15, -0.1) is 0 Å². The summed E-state index contributed by atoms with van der Waals surface area (Å²) < 4.78 is 4.93. The minimum absolute atomic E-state index is 0.0347. The van der Waals surface area contributed by atoms with E-state index < -0.39 is 5.97 Å². The van der Waals surface area contributed by atoms with Crippen LogP contribution >= 0.6 is 15.9 Å². The molecule has 1 aromatic heterocycles. The van der Waals surface area contributed by atoms with Gasteiger partial charge in [0.05, 0.1) is 18.3 Å². The first-order valence-electron chi connectivity index (χ1n) is 17.9. The Morgan fingerprint density at radius 2 is 1.70 bits per heavy atom. The van der Waals surface area contributed by atoms with E-state index in [1.54, 1.807) is 10.3 Å². The van der Waals surface area contributed by atoms with E-state index in [4.69, 9.17) is 5.11 Å².